The van der Waals surface area contributed by atoms with Crippen molar-refractivity contribution in [3.8, 4) is 0 Å². The van der Waals surface area contributed by atoms with Crippen LogP contribution in [-0.2, 0) is 23.0 Å². The van der Waals surface area contributed by atoms with Gasteiger partial charge < -0.3 is 0 Å². The van der Waals surface area contributed by atoms with Crippen molar-refractivity contribution >= 4 is 10.0 Å². The van der Waals surface area contributed by atoms with Gasteiger partial charge in [0.2, 0.25) is 10.0 Å². The number of nitrogens with one attached hydrogen (secondary N) is 1. The largest absolute Gasteiger partial charge is 0.271 e. The molecule has 0 bridgehead atoms. The van der Waals surface area contributed by atoms with Crippen LogP contribution in [0.25, 0.3) is 0 Å². The number of aryl methyl sites for hydroxylation is 3. The minimum absolute atomic E-state index is 0.153. The minimum Gasteiger partial charge on any atom is -0.271 e. The first kappa shape index (κ1) is 15.2. The molecule has 0 amide bonds. The first-order valence-electron chi connectivity index (χ1n) is 7.65. The van der Waals surface area contributed by atoms with Crippen molar-refractivity contribution in [2.45, 2.75) is 50.6 Å². The molecule has 1 atom stereocenters. The molecule has 0 saturated heterocycles. The zero-order valence-electron chi connectivity index (χ0n) is 12.9. The number of benzene rings is 1. The van der Waals surface area contributed by atoms with E-state index in [4.69, 9.17) is 0 Å². The Labute approximate surface area is 131 Å². The summed E-state index contributed by atoms with van der Waals surface area (Å²) in [5.41, 5.74) is 2.87. The quantitative estimate of drug-likeness (QED) is 0.942. The Kier molecular flexibility index (Phi) is 4.06. The number of sulfonamides is 1. The summed E-state index contributed by atoms with van der Waals surface area (Å²) in [7, 11) is -3.56. The van der Waals surface area contributed by atoms with Gasteiger partial charge in [-0.3, -0.25) is 4.68 Å². The van der Waals surface area contributed by atoms with Gasteiger partial charge in [-0.1, -0.05) is 24.3 Å². The summed E-state index contributed by atoms with van der Waals surface area (Å²) in [5.74, 6) is 0. The molecule has 1 aromatic carbocycles. The highest BCUT2D eigenvalue weighted by Gasteiger charge is 2.27. The Morgan fingerprint density at radius 1 is 1.36 bits per heavy atom. The number of nitrogens with zero attached hydrogens (tertiary/aromatic N) is 2. The monoisotopic (exact) mass is 319 g/mol. The fourth-order valence-electron chi connectivity index (χ4n) is 3.05. The van der Waals surface area contributed by atoms with Crippen molar-refractivity contribution in [2.75, 3.05) is 0 Å². The molecule has 1 aliphatic rings. The fourth-order valence-corrected chi connectivity index (χ4v) is 4.49. The zero-order valence-corrected chi connectivity index (χ0v) is 13.7. The molecule has 118 valence electrons. The zero-order chi connectivity index (χ0) is 15.7. The van der Waals surface area contributed by atoms with Gasteiger partial charge in [0, 0.05) is 18.8 Å². The Morgan fingerprint density at radius 2 is 2.14 bits per heavy atom. The van der Waals surface area contributed by atoms with Crippen LogP contribution in [0.3, 0.4) is 0 Å². The van der Waals surface area contributed by atoms with Gasteiger partial charge >= 0.3 is 0 Å². The topological polar surface area (TPSA) is 64.0 Å². The van der Waals surface area contributed by atoms with Crippen LogP contribution in [0.1, 0.15) is 42.6 Å². The maximum absolute atomic E-state index is 12.7. The standard InChI is InChI=1S/C16H21N3O2S/c1-3-19-11-16(12(2)17-19)22(20,21)18-15-10-6-8-13-7-4-5-9-14(13)15/h4-5,7,9,11,15,18H,3,6,8,10H2,1-2H3. The molecular weight excluding hydrogens is 298 g/mol. The predicted molar refractivity (Wildman–Crippen MR) is 85.1 cm³/mol. The molecule has 1 aromatic heterocycles. The molecule has 22 heavy (non-hydrogen) atoms. The van der Waals surface area contributed by atoms with Gasteiger partial charge in [0.15, 0.2) is 0 Å². The summed E-state index contributed by atoms with van der Waals surface area (Å²) in [5, 5.41) is 4.23. The van der Waals surface area contributed by atoms with Crippen LogP contribution >= 0.6 is 0 Å². The lowest BCUT2D eigenvalue weighted by molar-refractivity contribution is 0.507. The normalized spacial score (nSPS) is 18.2. The molecule has 0 fully saturated rings. The third kappa shape index (κ3) is 2.80. The number of rotatable bonds is 4. The number of aromatic nitrogens is 2. The van der Waals surface area contributed by atoms with E-state index in [1.807, 2.05) is 25.1 Å². The lowest BCUT2D eigenvalue weighted by Crippen LogP contribution is -2.31. The van der Waals surface area contributed by atoms with Crippen LogP contribution in [0.5, 0.6) is 0 Å². The Hall–Kier alpha value is -1.66. The van der Waals surface area contributed by atoms with Crippen molar-refractivity contribution in [3.05, 3.63) is 47.3 Å². The van der Waals surface area contributed by atoms with E-state index in [0.717, 1.165) is 24.8 Å². The molecule has 0 saturated carbocycles. The van der Waals surface area contributed by atoms with Gasteiger partial charge in [-0.25, -0.2) is 13.1 Å². The second-order valence-electron chi connectivity index (χ2n) is 5.70. The molecule has 0 spiro atoms. The van der Waals surface area contributed by atoms with E-state index in [-0.39, 0.29) is 10.9 Å². The molecule has 6 heteroatoms. The summed E-state index contributed by atoms with van der Waals surface area (Å²) >= 11 is 0. The van der Waals surface area contributed by atoms with Crippen LogP contribution in [0.4, 0.5) is 0 Å². The fraction of sp³-hybridized carbons (Fsp3) is 0.438. The molecule has 3 rings (SSSR count). The average molecular weight is 319 g/mol. The van der Waals surface area contributed by atoms with Crippen molar-refractivity contribution < 1.29 is 8.42 Å². The third-order valence-electron chi connectivity index (χ3n) is 4.18. The van der Waals surface area contributed by atoms with Gasteiger partial charge in [-0.15, -0.1) is 0 Å². The molecule has 5 nitrogen and oxygen atoms in total. The molecule has 1 aliphatic carbocycles. The van der Waals surface area contributed by atoms with E-state index < -0.39 is 10.0 Å². The second kappa shape index (κ2) is 5.85. The average Bonchev–Trinajstić information content (AvgIpc) is 2.89. The predicted octanol–water partition coefficient (Wildman–Crippen LogP) is 2.57. The second-order valence-corrected chi connectivity index (χ2v) is 7.38. The van der Waals surface area contributed by atoms with Crippen molar-refractivity contribution in [3.63, 3.8) is 0 Å². The molecule has 1 N–H and O–H groups in total. The van der Waals surface area contributed by atoms with Gasteiger partial charge in [0.05, 0.1) is 5.69 Å². The highest BCUT2D eigenvalue weighted by molar-refractivity contribution is 7.89. The summed E-state index contributed by atoms with van der Waals surface area (Å²) in [6.45, 7) is 4.33. The number of hydrogen-bond acceptors (Lipinski definition) is 3. The van der Waals surface area contributed by atoms with E-state index in [1.165, 1.54) is 5.56 Å². The van der Waals surface area contributed by atoms with E-state index in [2.05, 4.69) is 15.9 Å². The third-order valence-corrected chi connectivity index (χ3v) is 5.76. The van der Waals surface area contributed by atoms with Gasteiger partial charge in [0.1, 0.15) is 4.90 Å². The number of hydrogen-bond donors (Lipinski definition) is 1. The summed E-state index contributed by atoms with van der Waals surface area (Å²) in [4.78, 5) is 0.275. The van der Waals surface area contributed by atoms with Gasteiger partial charge in [-0.05, 0) is 44.2 Å². The van der Waals surface area contributed by atoms with Crippen molar-refractivity contribution in [1.82, 2.24) is 14.5 Å². The lowest BCUT2D eigenvalue weighted by Gasteiger charge is -2.26. The van der Waals surface area contributed by atoms with Crippen LogP contribution in [0, 0.1) is 6.92 Å². The highest BCUT2D eigenvalue weighted by Crippen LogP contribution is 2.31. The highest BCUT2D eigenvalue weighted by atomic mass is 32.2. The van der Waals surface area contributed by atoms with E-state index in [1.54, 1.807) is 17.8 Å². The molecule has 1 unspecified atom stereocenters. The van der Waals surface area contributed by atoms with E-state index >= 15 is 0 Å². The lowest BCUT2D eigenvalue weighted by atomic mass is 9.88. The number of fused-ring (bicyclic) bond motifs is 1. The molecule has 1 heterocycles. The van der Waals surface area contributed by atoms with E-state index in [0.29, 0.717) is 12.2 Å². The maximum Gasteiger partial charge on any atom is 0.244 e. The van der Waals surface area contributed by atoms with Crippen LogP contribution in [0.15, 0.2) is 35.4 Å². The first-order valence-corrected chi connectivity index (χ1v) is 9.14. The first-order chi connectivity index (χ1) is 10.5. The summed E-state index contributed by atoms with van der Waals surface area (Å²) in [6, 6.07) is 7.91. The van der Waals surface area contributed by atoms with Crippen LogP contribution in [0.2, 0.25) is 0 Å². The minimum atomic E-state index is -3.56. The van der Waals surface area contributed by atoms with Gasteiger partial charge in [-0.2, -0.15) is 5.10 Å². The molecule has 0 radical (unpaired) electrons. The summed E-state index contributed by atoms with van der Waals surface area (Å²) in [6.07, 6.45) is 4.45. The molecule has 0 aliphatic heterocycles. The maximum atomic E-state index is 12.7. The van der Waals surface area contributed by atoms with Crippen molar-refractivity contribution in [1.29, 1.82) is 0 Å². The molecular formula is C16H21N3O2S. The van der Waals surface area contributed by atoms with Crippen LogP contribution in [-0.4, -0.2) is 18.2 Å². The Bertz CT molecular complexity index is 780. The summed E-state index contributed by atoms with van der Waals surface area (Å²) < 4.78 is 29.9. The molecule has 2 aromatic rings. The van der Waals surface area contributed by atoms with Crippen molar-refractivity contribution in [2.24, 2.45) is 0 Å². The van der Waals surface area contributed by atoms with E-state index in [9.17, 15) is 8.42 Å². The van der Waals surface area contributed by atoms with Gasteiger partial charge in [0.25, 0.3) is 0 Å². The Morgan fingerprint density at radius 3 is 2.86 bits per heavy atom. The SMILES string of the molecule is CCn1cc(S(=O)(=O)NC2CCCc3ccccc32)c(C)n1. The smallest absolute Gasteiger partial charge is 0.244 e. The Balaban J connectivity index is 1.91. The van der Waals surface area contributed by atoms with Crippen LogP contribution < -0.4 is 4.72 Å².